The van der Waals surface area contributed by atoms with Crippen molar-refractivity contribution in [1.82, 2.24) is 0 Å². The Morgan fingerprint density at radius 3 is 2.11 bits per heavy atom. The Morgan fingerprint density at radius 2 is 1.52 bits per heavy atom. The van der Waals surface area contributed by atoms with E-state index in [9.17, 15) is 14.4 Å². The van der Waals surface area contributed by atoms with Crippen LogP contribution in [0.4, 0.5) is 5.69 Å². The lowest BCUT2D eigenvalue weighted by Gasteiger charge is -2.25. The summed E-state index contributed by atoms with van der Waals surface area (Å²) in [5.41, 5.74) is 0.295. The molecule has 0 atom stereocenters. The third kappa shape index (κ3) is 4.00. The molecule has 1 aromatic carbocycles. The molecule has 0 spiro atoms. The van der Waals surface area contributed by atoms with Gasteiger partial charge in [0.1, 0.15) is 11.4 Å². The third-order valence-electron chi connectivity index (χ3n) is 3.76. The van der Waals surface area contributed by atoms with Gasteiger partial charge >= 0.3 is 17.9 Å². The largest absolute Gasteiger partial charge is 0.497 e. The first kappa shape index (κ1) is 19.8. The molecule has 0 aromatic heterocycles. The van der Waals surface area contributed by atoms with Crippen molar-refractivity contribution in [2.24, 2.45) is 0 Å². The summed E-state index contributed by atoms with van der Waals surface area (Å²) in [5.74, 6) is -1.72. The molecule has 0 radical (unpaired) electrons. The number of nitrogens with zero attached hydrogens (tertiary/aromatic N) is 1. The number of esters is 3. The summed E-state index contributed by atoms with van der Waals surface area (Å²) in [6, 6.07) is 4.65. The fraction of sp³-hybridized carbons (Fsp3) is 0.211. The summed E-state index contributed by atoms with van der Waals surface area (Å²) >= 11 is 0. The van der Waals surface area contributed by atoms with Crippen molar-refractivity contribution in [1.29, 1.82) is 0 Å². The Labute approximate surface area is 156 Å². The van der Waals surface area contributed by atoms with Crippen LogP contribution in [0, 0.1) is 0 Å². The van der Waals surface area contributed by atoms with E-state index in [4.69, 9.17) is 18.9 Å². The fourth-order valence-electron chi connectivity index (χ4n) is 2.48. The van der Waals surface area contributed by atoms with Gasteiger partial charge in [-0.15, -0.1) is 0 Å². The average molecular weight is 373 g/mol. The molecular formula is C19H19NO7. The van der Waals surface area contributed by atoms with E-state index in [1.807, 2.05) is 0 Å². The average Bonchev–Trinajstić information content (AvgIpc) is 2.94. The topological polar surface area (TPSA) is 91.4 Å². The Kier molecular flexibility index (Phi) is 6.37. The van der Waals surface area contributed by atoms with Gasteiger partial charge in [0.25, 0.3) is 0 Å². The number of anilines is 1. The summed E-state index contributed by atoms with van der Waals surface area (Å²) < 4.78 is 19.6. The second kappa shape index (κ2) is 8.70. The van der Waals surface area contributed by atoms with Crippen LogP contribution in [0.3, 0.4) is 0 Å². The minimum absolute atomic E-state index is 0.0269. The van der Waals surface area contributed by atoms with Crippen molar-refractivity contribution in [3.63, 3.8) is 0 Å². The number of hydrogen-bond acceptors (Lipinski definition) is 8. The number of benzene rings is 1. The molecule has 0 saturated heterocycles. The predicted molar refractivity (Wildman–Crippen MR) is 96.2 cm³/mol. The van der Waals surface area contributed by atoms with Crippen LogP contribution in [0.25, 0.3) is 0 Å². The van der Waals surface area contributed by atoms with Gasteiger partial charge in [0.15, 0.2) is 0 Å². The smallest absolute Gasteiger partial charge is 0.355 e. The highest BCUT2D eigenvalue weighted by molar-refractivity contribution is 6.07. The maximum atomic E-state index is 12.5. The van der Waals surface area contributed by atoms with Crippen LogP contribution in [0.2, 0.25) is 0 Å². The van der Waals surface area contributed by atoms with Gasteiger partial charge < -0.3 is 23.8 Å². The van der Waals surface area contributed by atoms with Gasteiger partial charge in [0.2, 0.25) is 0 Å². The lowest BCUT2D eigenvalue weighted by Crippen LogP contribution is -2.28. The highest BCUT2D eigenvalue weighted by Gasteiger charge is 2.30. The molecule has 1 aliphatic rings. The van der Waals surface area contributed by atoms with Crippen molar-refractivity contribution in [3.05, 3.63) is 59.5 Å². The second-order valence-corrected chi connectivity index (χ2v) is 5.19. The van der Waals surface area contributed by atoms with Crippen LogP contribution in [-0.2, 0) is 23.8 Å². The molecule has 0 bridgehead atoms. The molecule has 142 valence electrons. The first-order valence-corrected chi connectivity index (χ1v) is 7.79. The molecule has 0 amide bonds. The first-order valence-electron chi connectivity index (χ1n) is 7.79. The predicted octanol–water partition coefficient (Wildman–Crippen LogP) is 1.97. The Balaban J connectivity index is 2.76. The van der Waals surface area contributed by atoms with E-state index < -0.39 is 17.9 Å². The number of carbonyl (C=O) groups is 3. The van der Waals surface area contributed by atoms with Crippen LogP contribution in [0.5, 0.6) is 5.75 Å². The molecule has 0 unspecified atom stereocenters. The molecule has 0 fully saturated rings. The number of hydrogen-bond donors (Lipinski definition) is 0. The first-order chi connectivity index (χ1) is 13.0. The quantitative estimate of drug-likeness (QED) is 0.571. The van der Waals surface area contributed by atoms with Gasteiger partial charge in [0, 0.05) is 6.20 Å². The van der Waals surface area contributed by atoms with E-state index in [1.54, 1.807) is 24.3 Å². The Hall–Kier alpha value is -3.55. The van der Waals surface area contributed by atoms with Crippen molar-refractivity contribution in [2.75, 3.05) is 33.3 Å². The van der Waals surface area contributed by atoms with E-state index in [1.165, 1.54) is 51.7 Å². The Morgan fingerprint density at radius 1 is 0.852 bits per heavy atom. The van der Waals surface area contributed by atoms with Gasteiger partial charge in [-0.05, 0) is 30.4 Å². The molecule has 1 aromatic rings. The van der Waals surface area contributed by atoms with Gasteiger partial charge in [-0.1, -0.05) is 6.08 Å². The van der Waals surface area contributed by atoms with E-state index >= 15 is 0 Å². The zero-order chi connectivity index (χ0) is 20.0. The molecule has 0 N–H and O–H groups in total. The monoisotopic (exact) mass is 373 g/mol. The highest BCUT2D eigenvalue weighted by atomic mass is 16.5. The fourth-order valence-corrected chi connectivity index (χ4v) is 2.48. The molecule has 27 heavy (non-hydrogen) atoms. The number of ether oxygens (including phenoxy) is 4. The zero-order valence-corrected chi connectivity index (χ0v) is 15.3. The van der Waals surface area contributed by atoms with Crippen LogP contribution in [0.1, 0.15) is 10.4 Å². The molecule has 0 saturated carbocycles. The number of carbonyl (C=O) groups excluding carboxylic acids is 3. The van der Waals surface area contributed by atoms with Crippen molar-refractivity contribution < 1.29 is 33.3 Å². The van der Waals surface area contributed by atoms with E-state index in [0.29, 0.717) is 11.4 Å². The maximum absolute atomic E-state index is 12.5. The standard InChI is InChI=1S/C19H19NO7/c1-24-12-8-9-15(14(11-12)18(22)26-3)20-10-6-5-7-13(17(21)25-2)16(20)19(23)27-4/h5-11H,1-4H3. The Bertz CT molecular complexity index is 852. The van der Waals surface area contributed by atoms with Gasteiger partial charge in [-0.3, -0.25) is 0 Å². The molecule has 1 aliphatic heterocycles. The van der Waals surface area contributed by atoms with Gasteiger partial charge in [0.05, 0.1) is 45.3 Å². The lowest BCUT2D eigenvalue weighted by atomic mass is 10.1. The summed E-state index contributed by atoms with van der Waals surface area (Å²) in [4.78, 5) is 38.3. The minimum Gasteiger partial charge on any atom is -0.497 e. The summed E-state index contributed by atoms with van der Waals surface area (Å²) in [6.45, 7) is 0. The van der Waals surface area contributed by atoms with Crippen molar-refractivity contribution in [2.45, 2.75) is 0 Å². The van der Waals surface area contributed by atoms with Crippen LogP contribution in [0.15, 0.2) is 53.9 Å². The molecule has 0 aliphatic carbocycles. The zero-order valence-electron chi connectivity index (χ0n) is 15.3. The van der Waals surface area contributed by atoms with Crippen LogP contribution >= 0.6 is 0 Å². The van der Waals surface area contributed by atoms with Crippen molar-refractivity contribution >= 4 is 23.6 Å². The van der Waals surface area contributed by atoms with E-state index in [-0.39, 0.29) is 16.8 Å². The second-order valence-electron chi connectivity index (χ2n) is 5.19. The summed E-state index contributed by atoms with van der Waals surface area (Å²) in [5, 5.41) is 0. The molecular weight excluding hydrogens is 354 g/mol. The van der Waals surface area contributed by atoms with Crippen molar-refractivity contribution in [3.8, 4) is 5.75 Å². The number of allylic oxidation sites excluding steroid dienone is 2. The molecule has 8 nitrogen and oxygen atoms in total. The van der Waals surface area contributed by atoms with E-state index in [0.717, 1.165) is 0 Å². The maximum Gasteiger partial charge on any atom is 0.355 e. The minimum atomic E-state index is -0.779. The summed E-state index contributed by atoms with van der Waals surface area (Å²) in [6.07, 6.45) is 6.11. The van der Waals surface area contributed by atoms with Crippen LogP contribution < -0.4 is 9.64 Å². The highest BCUT2D eigenvalue weighted by Crippen LogP contribution is 2.32. The molecule has 1 heterocycles. The normalized spacial score (nSPS) is 13.1. The summed E-state index contributed by atoms with van der Waals surface area (Å²) in [7, 11) is 5.09. The number of methoxy groups -OCH3 is 4. The molecule has 2 rings (SSSR count). The molecule has 8 heteroatoms. The number of rotatable bonds is 5. The van der Waals surface area contributed by atoms with Gasteiger partial charge in [-0.2, -0.15) is 0 Å². The van der Waals surface area contributed by atoms with Crippen LogP contribution in [-0.4, -0.2) is 46.3 Å². The van der Waals surface area contributed by atoms with Gasteiger partial charge in [-0.25, -0.2) is 14.4 Å². The lowest BCUT2D eigenvalue weighted by molar-refractivity contribution is -0.139. The SMILES string of the molecule is COC(=O)C1=C(C(=O)OC)N(c2ccc(OC)cc2C(=O)OC)C=CC=C1. The van der Waals surface area contributed by atoms with E-state index in [2.05, 4.69) is 0 Å². The third-order valence-corrected chi connectivity index (χ3v) is 3.76.